The molecule has 3 atom stereocenters. The fourth-order valence-electron chi connectivity index (χ4n) is 9.50. The van der Waals surface area contributed by atoms with Crippen molar-refractivity contribution in [1.29, 1.82) is 0 Å². The number of furan rings is 1. The second-order valence-electron chi connectivity index (χ2n) is 15.3. The largest absolute Gasteiger partial charge is 0.456 e. The molecule has 2 aliphatic heterocycles. The monoisotopic (exact) mass is 664 g/mol. The third-order valence-electron chi connectivity index (χ3n) is 11.7. The van der Waals surface area contributed by atoms with E-state index in [2.05, 4.69) is 153 Å². The summed E-state index contributed by atoms with van der Waals surface area (Å²) in [6.07, 6.45) is 5.35. The van der Waals surface area contributed by atoms with Gasteiger partial charge >= 0.3 is 0 Å². The number of hydrogen-bond donors (Lipinski definition) is 0. The van der Waals surface area contributed by atoms with Crippen LogP contribution in [0.25, 0.3) is 50.0 Å². The Morgan fingerprint density at radius 2 is 1.55 bits per heavy atom. The van der Waals surface area contributed by atoms with Crippen molar-refractivity contribution >= 4 is 38.7 Å². The zero-order chi connectivity index (χ0) is 34.5. The molecule has 4 heterocycles. The molecule has 0 saturated heterocycles. The van der Waals surface area contributed by atoms with E-state index in [1.807, 2.05) is 6.08 Å². The molecule has 0 N–H and O–H groups in total. The predicted molar refractivity (Wildman–Crippen MR) is 209 cm³/mol. The summed E-state index contributed by atoms with van der Waals surface area (Å²) in [5.41, 5.74) is 16.0. The van der Waals surface area contributed by atoms with E-state index in [1.54, 1.807) is 0 Å². The van der Waals surface area contributed by atoms with Crippen molar-refractivity contribution in [3.05, 3.63) is 155 Å². The van der Waals surface area contributed by atoms with Gasteiger partial charge in [-0.15, -0.1) is 0 Å². The molecule has 51 heavy (non-hydrogen) atoms. The first-order valence-corrected chi connectivity index (χ1v) is 18.5. The van der Waals surface area contributed by atoms with Gasteiger partial charge in [0.1, 0.15) is 16.9 Å². The number of hydrogen-bond acceptors (Lipinski definition) is 2. The summed E-state index contributed by atoms with van der Waals surface area (Å²) in [5, 5.41) is 2.32. The van der Waals surface area contributed by atoms with Crippen molar-refractivity contribution in [1.82, 2.24) is 4.57 Å². The van der Waals surface area contributed by atoms with Gasteiger partial charge in [0.25, 0.3) is 5.82 Å². The zero-order valence-corrected chi connectivity index (χ0v) is 29.7. The third kappa shape index (κ3) is 4.38. The fourth-order valence-corrected chi connectivity index (χ4v) is 9.50. The van der Waals surface area contributed by atoms with Crippen LogP contribution in [0.5, 0.6) is 0 Å². The Hall–Kier alpha value is -5.48. The van der Waals surface area contributed by atoms with E-state index in [9.17, 15) is 0 Å². The number of para-hydroxylation sites is 4. The number of nitrogens with zero attached hydrogens (tertiary/aromatic N) is 3. The Balaban J connectivity index is 1.34. The van der Waals surface area contributed by atoms with Crippen molar-refractivity contribution in [3.8, 4) is 17.1 Å². The maximum absolute atomic E-state index is 6.59. The van der Waals surface area contributed by atoms with Crippen LogP contribution in [0.3, 0.4) is 0 Å². The van der Waals surface area contributed by atoms with Crippen LogP contribution in [0, 0.1) is 5.92 Å². The van der Waals surface area contributed by atoms with Crippen LogP contribution < -0.4 is 4.57 Å². The lowest BCUT2D eigenvalue weighted by atomic mass is 9.78. The van der Waals surface area contributed by atoms with Crippen molar-refractivity contribution in [3.63, 3.8) is 0 Å². The van der Waals surface area contributed by atoms with Crippen LogP contribution in [0.15, 0.2) is 137 Å². The highest BCUT2D eigenvalue weighted by Crippen LogP contribution is 2.49. The smallest absolute Gasteiger partial charge is 0.295 e. The second kappa shape index (κ2) is 11.3. The number of aromatic nitrogens is 2. The van der Waals surface area contributed by atoms with E-state index < -0.39 is 0 Å². The average molecular weight is 665 g/mol. The summed E-state index contributed by atoms with van der Waals surface area (Å²) >= 11 is 0. The zero-order valence-electron chi connectivity index (χ0n) is 29.7. The molecule has 7 aromatic rings. The summed E-state index contributed by atoms with van der Waals surface area (Å²) in [6, 6.07) is 38.1. The first-order valence-electron chi connectivity index (χ1n) is 18.5. The van der Waals surface area contributed by atoms with E-state index >= 15 is 0 Å². The Bertz CT molecular complexity index is 2620. The number of fused-ring (bicyclic) bond motifs is 14. The summed E-state index contributed by atoms with van der Waals surface area (Å²) < 4.78 is 11.8. The first-order chi connectivity index (χ1) is 24.9. The SMILES string of the molecule is C=CC1=NC2C3C=C(Cc4cc5oc6ccccc6c5cc4-c4n(-c5c(C(C)C)cccc5C(C)C)c5ccccc5[n+]4C3)C2c2ccccc21. The quantitative estimate of drug-likeness (QED) is 0.136. The van der Waals surface area contributed by atoms with Crippen molar-refractivity contribution in [2.24, 2.45) is 10.9 Å². The minimum Gasteiger partial charge on any atom is -0.456 e. The highest BCUT2D eigenvalue weighted by molar-refractivity contribution is 6.10. The van der Waals surface area contributed by atoms with E-state index in [1.165, 1.54) is 61.5 Å². The molecule has 0 saturated carbocycles. The van der Waals surface area contributed by atoms with E-state index in [0.29, 0.717) is 11.8 Å². The van der Waals surface area contributed by atoms with Gasteiger partial charge < -0.3 is 4.42 Å². The second-order valence-corrected chi connectivity index (χ2v) is 15.3. The lowest BCUT2D eigenvalue weighted by molar-refractivity contribution is -0.666. The molecule has 0 radical (unpaired) electrons. The van der Waals surface area contributed by atoms with E-state index in [0.717, 1.165) is 40.6 Å². The number of benzene rings is 5. The van der Waals surface area contributed by atoms with E-state index in [4.69, 9.17) is 9.41 Å². The van der Waals surface area contributed by atoms with Crippen LogP contribution in [-0.4, -0.2) is 16.3 Å². The third-order valence-corrected chi connectivity index (χ3v) is 11.7. The highest BCUT2D eigenvalue weighted by Gasteiger charge is 2.45. The fraction of sp³-hybridized carbons (Fsp3) is 0.234. The summed E-state index contributed by atoms with van der Waals surface area (Å²) in [7, 11) is 0. The Morgan fingerprint density at radius 3 is 2.35 bits per heavy atom. The normalized spacial score (nSPS) is 19.3. The molecule has 0 fully saturated rings. The van der Waals surface area contributed by atoms with E-state index in [-0.39, 0.29) is 17.9 Å². The molecule has 4 nitrogen and oxygen atoms in total. The maximum Gasteiger partial charge on any atom is 0.295 e. The Labute approximate surface area is 299 Å². The minimum absolute atomic E-state index is 0.107. The van der Waals surface area contributed by atoms with Gasteiger partial charge in [-0.05, 0) is 65.8 Å². The summed E-state index contributed by atoms with van der Waals surface area (Å²) in [4.78, 5) is 5.50. The number of rotatable bonds is 4. The van der Waals surface area contributed by atoms with Gasteiger partial charge in [0.15, 0.2) is 11.0 Å². The van der Waals surface area contributed by atoms with Gasteiger partial charge in [-0.25, -0.2) is 4.57 Å². The molecule has 3 aliphatic rings. The molecule has 2 bridgehead atoms. The molecule has 250 valence electrons. The van der Waals surface area contributed by atoms with Gasteiger partial charge in [-0.1, -0.05) is 119 Å². The van der Waals surface area contributed by atoms with Crippen LogP contribution in [0.2, 0.25) is 0 Å². The minimum atomic E-state index is 0.107. The summed E-state index contributed by atoms with van der Waals surface area (Å²) in [6.45, 7) is 14.3. The first kappa shape index (κ1) is 30.4. The standard InChI is InChI=1S/C47H42N3O/c1-6-39-34-14-7-8-16-36(34)44-30-22-29-24-43-38(35-15-9-12-21-42(35)51-43)25-37(29)47-49(26-31(23-30)45(44)48-39)40-19-10-11-20-41(40)50(47)46-32(27(2)3)17-13-18-33(46)28(4)5/h6-21,23-25,27-28,31,44-45H,1,22,26H2,2-5H3/q+1. The molecule has 0 spiro atoms. The predicted octanol–water partition coefficient (Wildman–Crippen LogP) is 11.0. The summed E-state index contributed by atoms with van der Waals surface area (Å²) in [5.74, 6) is 2.38. The van der Waals surface area contributed by atoms with Gasteiger partial charge in [-0.2, -0.15) is 4.57 Å². The molecule has 5 aromatic carbocycles. The molecule has 3 unspecified atom stereocenters. The molecule has 10 rings (SSSR count). The number of aliphatic imine (C=N–C) groups is 1. The average Bonchev–Trinajstić information content (AvgIpc) is 3.80. The van der Waals surface area contributed by atoms with Crippen molar-refractivity contribution in [2.75, 3.05) is 0 Å². The number of allylic oxidation sites excluding steroid dienone is 1. The van der Waals surface area contributed by atoms with Gasteiger partial charge in [0.2, 0.25) is 0 Å². The lowest BCUT2D eigenvalue weighted by Crippen LogP contribution is -2.43. The van der Waals surface area contributed by atoms with Gasteiger partial charge in [0.05, 0.1) is 23.9 Å². The molecule has 1 aliphatic carbocycles. The maximum atomic E-state index is 6.59. The lowest BCUT2D eigenvalue weighted by Gasteiger charge is -2.31. The Morgan fingerprint density at radius 1 is 0.804 bits per heavy atom. The van der Waals surface area contributed by atoms with Crippen molar-refractivity contribution < 1.29 is 8.98 Å². The highest BCUT2D eigenvalue weighted by atomic mass is 16.3. The molecule has 0 amide bonds. The molecular weight excluding hydrogens is 623 g/mol. The van der Waals surface area contributed by atoms with Gasteiger partial charge in [0, 0.05) is 39.3 Å². The van der Waals surface area contributed by atoms with Gasteiger partial charge in [-0.3, -0.25) is 4.99 Å². The van der Waals surface area contributed by atoms with Crippen LogP contribution in [0.4, 0.5) is 0 Å². The molecule has 2 aromatic heterocycles. The van der Waals surface area contributed by atoms with Crippen LogP contribution >= 0.6 is 0 Å². The Kier molecular flexibility index (Phi) is 6.70. The van der Waals surface area contributed by atoms with Crippen molar-refractivity contribution in [2.45, 2.75) is 64.5 Å². The molecule has 4 heteroatoms. The van der Waals surface area contributed by atoms with Crippen LogP contribution in [0.1, 0.15) is 73.3 Å². The molecular formula is C47H42N3O+. The number of imidazole rings is 1. The topological polar surface area (TPSA) is 34.3 Å². The van der Waals surface area contributed by atoms with Crippen LogP contribution in [-0.2, 0) is 13.0 Å².